The number of methoxy groups -OCH3 is 1. The molecule has 5 nitrogen and oxygen atoms in total. The first kappa shape index (κ1) is 15.6. The number of carbonyl (C=O) groups excluding carboxylic acids is 1. The Labute approximate surface area is 144 Å². The molecule has 0 amide bonds. The van der Waals surface area contributed by atoms with Crippen LogP contribution < -0.4 is 10.3 Å². The monoisotopic (exact) mass is 390 g/mol. The minimum absolute atomic E-state index is 0.0534. The minimum Gasteiger partial charge on any atom is -0.497 e. The molecule has 0 aliphatic heterocycles. The largest absolute Gasteiger partial charge is 0.497 e. The highest BCUT2D eigenvalue weighted by Crippen LogP contribution is 2.17. The lowest BCUT2D eigenvalue weighted by molar-refractivity contribution is 0.0953. The number of rotatable bonds is 2. The van der Waals surface area contributed by atoms with Crippen molar-refractivity contribution in [3.05, 3.63) is 67.6 Å². The van der Waals surface area contributed by atoms with Crippen molar-refractivity contribution in [1.29, 1.82) is 0 Å². The van der Waals surface area contributed by atoms with Crippen LogP contribution in [0.4, 0.5) is 0 Å². The fourth-order valence-electron chi connectivity index (χ4n) is 2.26. The maximum atomic E-state index is 12.7. The Hall–Kier alpha value is -2.25. The van der Waals surface area contributed by atoms with Crippen molar-refractivity contribution in [2.45, 2.75) is 0 Å². The molecule has 0 aliphatic rings. The summed E-state index contributed by atoms with van der Waals surface area (Å²) in [6, 6.07) is 11.8. The number of H-pyrrole nitrogens is 1. The number of aromatic amines is 1. The van der Waals surface area contributed by atoms with E-state index >= 15 is 0 Å². The molecule has 1 N–H and O–H groups in total. The van der Waals surface area contributed by atoms with Crippen LogP contribution in [-0.4, -0.2) is 22.6 Å². The number of halogens is 1. The standard InChI is InChI=1S/C16H11BrN2O3S/c1-22-11-4-2-3-9(7-11)14(20)19-15(21)12-8-10(17)5-6-13(12)18-16(19)23/h2-8H,1H3,(H,18,23). The average Bonchev–Trinajstić information content (AvgIpc) is 2.55. The molecule has 0 aliphatic carbocycles. The Morgan fingerprint density at radius 2 is 2.04 bits per heavy atom. The Bertz CT molecular complexity index is 1040. The van der Waals surface area contributed by atoms with Crippen LogP contribution in [0.1, 0.15) is 10.4 Å². The first-order valence-electron chi connectivity index (χ1n) is 6.64. The molecular weight excluding hydrogens is 380 g/mol. The van der Waals surface area contributed by atoms with E-state index in [0.717, 1.165) is 9.04 Å². The Morgan fingerprint density at radius 1 is 1.26 bits per heavy atom. The number of hydrogen-bond acceptors (Lipinski definition) is 4. The third-order valence-corrected chi connectivity index (χ3v) is 4.16. The van der Waals surface area contributed by atoms with Gasteiger partial charge in [0, 0.05) is 10.0 Å². The van der Waals surface area contributed by atoms with E-state index in [1.807, 2.05) is 0 Å². The highest BCUT2D eigenvalue weighted by Gasteiger charge is 2.15. The second-order valence-electron chi connectivity index (χ2n) is 4.80. The summed E-state index contributed by atoms with van der Waals surface area (Å²) < 4.78 is 6.86. The molecule has 23 heavy (non-hydrogen) atoms. The quantitative estimate of drug-likeness (QED) is 0.679. The number of hydrogen-bond donors (Lipinski definition) is 1. The van der Waals surface area contributed by atoms with E-state index in [2.05, 4.69) is 20.9 Å². The van der Waals surface area contributed by atoms with E-state index in [-0.39, 0.29) is 4.77 Å². The zero-order valence-electron chi connectivity index (χ0n) is 12.0. The first-order chi connectivity index (χ1) is 11.0. The fraction of sp³-hybridized carbons (Fsp3) is 0.0625. The van der Waals surface area contributed by atoms with Crippen LogP contribution in [0, 0.1) is 4.77 Å². The van der Waals surface area contributed by atoms with Crippen LogP contribution in [0.5, 0.6) is 5.75 Å². The van der Waals surface area contributed by atoms with Gasteiger partial charge in [-0.2, -0.15) is 0 Å². The molecule has 0 radical (unpaired) electrons. The molecule has 1 heterocycles. The zero-order chi connectivity index (χ0) is 16.6. The summed E-state index contributed by atoms with van der Waals surface area (Å²) >= 11 is 8.50. The van der Waals surface area contributed by atoms with Gasteiger partial charge in [0.15, 0.2) is 4.77 Å². The van der Waals surface area contributed by atoms with E-state index in [9.17, 15) is 9.59 Å². The van der Waals surface area contributed by atoms with Gasteiger partial charge in [0.2, 0.25) is 0 Å². The zero-order valence-corrected chi connectivity index (χ0v) is 14.4. The molecule has 3 aromatic rings. The smallest absolute Gasteiger partial charge is 0.269 e. The van der Waals surface area contributed by atoms with Crippen LogP contribution in [0.25, 0.3) is 10.9 Å². The molecule has 1 aromatic heterocycles. The summed E-state index contributed by atoms with van der Waals surface area (Å²) in [6.45, 7) is 0. The van der Waals surface area contributed by atoms with Crippen molar-refractivity contribution in [2.24, 2.45) is 0 Å². The van der Waals surface area contributed by atoms with E-state index in [4.69, 9.17) is 17.0 Å². The lowest BCUT2D eigenvalue weighted by Gasteiger charge is -2.08. The highest BCUT2D eigenvalue weighted by molar-refractivity contribution is 9.10. The second-order valence-corrected chi connectivity index (χ2v) is 6.10. The molecular formula is C16H11BrN2O3S. The summed E-state index contributed by atoms with van der Waals surface area (Å²) in [5.74, 6) is 0.0272. The van der Waals surface area contributed by atoms with E-state index in [1.165, 1.54) is 7.11 Å². The van der Waals surface area contributed by atoms with Crippen LogP contribution in [0.15, 0.2) is 51.7 Å². The predicted octanol–water partition coefficient (Wildman–Crippen LogP) is 3.52. The van der Waals surface area contributed by atoms with Crippen molar-refractivity contribution in [2.75, 3.05) is 7.11 Å². The number of fused-ring (bicyclic) bond motifs is 1. The number of carbonyl (C=O) groups is 1. The van der Waals surface area contributed by atoms with Gasteiger partial charge in [-0.3, -0.25) is 9.59 Å². The maximum absolute atomic E-state index is 12.7. The summed E-state index contributed by atoms with van der Waals surface area (Å²) in [7, 11) is 1.51. The molecule has 7 heteroatoms. The predicted molar refractivity (Wildman–Crippen MR) is 93.8 cm³/mol. The van der Waals surface area contributed by atoms with Crippen LogP contribution in [-0.2, 0) is 0 Å². The molecule has 0 bridgehead atoms. The number of nitrogens with one attached hydrogen (secondary N) is 1. The SMILES string of the molecule is COc1cccc(C(=O)n2c(=S)[nH]c3ccc(Br)cc3c2=O)c1. The van der Waals surface area contributed by atoms with Crippen molar-refractivity contribution in [1.82, 2.24) is 9.55 Å². The van der Waals surface area contributed by atoms with Gasteiger partial charge in [0.25, 0.3) is 11.5 Å². The Morgan fingerprint density at radius 3 is 2.78 bits per heavy atom. The second kappa shape index (κ2) is 6.10. The summed E-state index contributed by atoms with van der Waals surface area (Å²) in [4.78, 5) is 28.3. The van der Waals surface area contributed by atoms with E-state index in [1.54, 1.807) is 42.5 Å². The normalized spacial score (nSPS) is 10.7. The van der Waals surface area contributed by atoms with Crippen LogP contribution in [0.3, 0.4) is 0 Å². The van der Waals surface area contributed by atoms with Gasteiger partial charge in [0.05, 0.1) is 18.0 Å². The van der Waals surface area contributed by atoms with Gasteiger partial charge in [-0.1, -0.05) is 22.0 Å². The number of benzene rings is 2. The highest BCUT2D eigenvalue weighted by atomic mass is 79.9. The molecule has 0 fully saturated rings. The van der Waals surface area contributed by atoms with E-state index in [0.29, 0.717) is 22.2 Å². The molecule has 0 saturated heterocycles. The van der Waals surface area contributed by atoms with Crippen LogP contribution in [0.2, 0.25) is 0 Å². The van der Waals surface area contributed by atoms with Gasteiger partial charge in [-0.25, -0.2) is 4.57 Å². The summed E-state index contributed by atoms with van der Waals surface area (Å²) in [6.07, 6.45) is 0. The molecule has 2 aromatic carbocycles. The average molecular weight is 391 g/mol. The van der Waals surface area contributed by atoms with Gasteiger partial charge >= 0.3 is 0 Å². The molecule has 0 saturated carbocycles. The third kappa shape index (κ3) is 2.85. The topological polar surface area (TPSA) is 64.1 Å². The Kier molecular flexibility index (Phi) is 4.14. The van der Waals surface area contributed by atoms with Crippen molar-refractivity contribution < 1.29 is 9.53 Å². The lowest BCUT2D eigenvalue weighted by Crippen LogP contribution is -2.29. The summed E-state index contributed by atoms with van der Waals surface area (Å²) in [5.41, 5.74) is 0.441. The molecule has 116 valence electrons. The number of nitrogens with zero attached hydrogens (tertiary/aromatic N) is 1. The van der Waals surface area contributed by atoms with Crippen molar-refractivity contribution in [3.8, 4) is 5.75 Å². The van der Waals surface area contributed by atoms with E-state index < -0.39 is 11.5 Å². The van der Waals surface area contributed by atoms with Gasteiger partial charge in [-0.05, 0) is 48.6 Å². The van der Waals surface area contributed by atoms with Crippen molar-refractivity contribution in [3.63, 3.8) is 0 Å². The maximum Gasteiger partial charge on any atom is 0.269 e. The van der Waals surface area contributed by atoms with Crippen LogP contribution >= 0.6 is 28.1 Å². The lowest BCUT2D eigenvalue weighted by atomic mass is 10.2. The fourth-order valence-corrected chi connectivity index (χ4v) is 2.89. The van der Waals surface area contributed by atoms with Gasteiger partial charge in [0.1, 0.15) is 5.75 Å². The number of ether oxygens (including phenoxy) is 1. The molecule has 0 unspecified atom stereocenters. The van der Waals surface area contributed by atoms with Gasteiger partial charge in [-0.15, -0.1) is 0 Å². The van der Waals surface area contributed by atoms with Crippen molar-refractivity contribution >= 4 is 45.0 Å². The Balaban J connectivity index is 2.25. The molecule has 0 spiro atoms. The number of aromatic nitrogens is 2. The summed E-state index contributed by atoms with van der Waals surface area (Å²) in [5, 5.41) is 0.379. The first-order valence-corrected chi connectivity index (χ1v) is 7.85. The minimum atomic E-state index is -0.503. The molecule has 0 atom stereocenters. The molecule has 3 rings (SSSR count). The van der Waals surface area contributed by atoms with Gasteiger partial charge < -0.3 is 9.72 Å². The third-order valence-electron chi connectivity index (χ3n) is 3.38.